The molecule has 3 heteroatoms. The molecule has 9 heavy (non-hydrogen) atoms. The van der Waals surface area contributed by atoms with E-state index in [1.54, 1.807) is 0 Å². The van der Waals surface area contributed by atoms with Crippen molar-refractivity contribution < 1.29 is 14.2 Å². The van der Waals surface area contributed by atoms with Crippen molar-refractivity contribution >= 4 is 0 Å². The first-order chi connectivity index (χ1) is 4.36. The standard InChI is InChI=1S/C6H10O3/c1-4-7-2-5-6(9-5)3-8-4/h4-6H,2-3H2,1H3. The van der Waals surface area contributed by atoms with Crippen LogP contribution >= 0.6 is 0 Å². The van der Waals surface area contributed by atoms with Gasteiger partial charge in [0.05, 0.1) is 13.2 Å². The summed E-state index contributed by atoms with van der Waals surface area (Å²) in [5.41, 5.74) is 0. The maximum Gasteiger partial charge on any atom is 0.155 e. The SMILES string of the molecule is CC1OCC2OC2CO1. The average molecular weight is 130 g/mol. The summed E-state index contributed by atoms with van der Waals surface area (Å²) in [6, 6.07) is 0. The van der Waals surface area contributed by atoms with Crippen LogP contribution in [0.2, 0.25) is 0 Å². The Morgan fingerprint density at radius 3 is 2.22 bits per heavy atom. The summed E-state index contributed by atoms with van der Waals surface area (Å²) in [7, 11) is 0. The minimum absolute atomic E-state index is 0.0404. The first-order valence-corrected chi connectivity index (χ1v) is 3.25. The molecule has 2 saturated heterocycles. The zero-order valence-electron chi connectivity index (χ0n) is 5.37. The zero-order valence-corrected chi connectivity index (χ0v) is 5.37. The number of hydrogen-bond donors (Lipinski definition) is 0. The minimum Gasteiger partial charge on any atom is -0.365 e. The van der Waals surface area contributed by atoms with Crippen LogP contribution < -0.4 is 0 Å². The Morgan fingerprint density at radius 1 is 1.11 bits per heavy atom. The number of ether oxygens (including phenoxy) is 3. The molecule has 2 heterocycles. The highest BCUT2D eigenvalue weighted by Gasteiger charge is 2.41. The summed E-state index contributed by atoms with van der Waals surface area (Å²) in [5.74, 6) is 0. The molecule has 0 aromatic heterocycles. The maximum atomic E-state index is 5.21. The van der Waals surface area contributed by atoms with Gasteiger partial charge in [-0.1, -0.05) is 0 Å². The van der Waals surface area contributed by atoms with Gasteiger partial charge in [0.25, 0.3) is 0 Å². The Labute approximate surface area is 53.9 Å². The number of hydrogen-bond acceptors (Lipinski definition) is 3. The van der Waals surface area contributed by atoms with E-state index in [1.165, 1.54) is 0 Å². The second-order valence-corrected chi connectivity index (χ2v) is 2.45. The van der Waals surface area contributed by atoms with Crippen LogP contribution in [-0.4, -0.2) is 31.7 Å². The van der Waals surface area contributed by atoms with Crippen LogP contribution in [0.15, 0.2) is 0 Å². The largest absolute Gasteiger partial charge is 0.365 e. The molecule has 2 aliphatic rings. The fraction of sp³-hybridized carbons (Fsp3) is 1.00. The van der Waals surface area contributed by atoms with Crippen LogP contribution in [0.4, 0.5) is 0 Å². The second-order valence-electron chi connectivity index (χ2n) is 2.45. The van der Waals surface area contributed by atoms with Crippen LogP contribution in [0.25, 0.3) is 0 Å². The average Bonchev–Trinajstić information content (AvgIpc) is 2.54. The third-order valence-corrected chi connectivity index (χ3v) is 1.68. The number of rotatable bonds is 0. The third kappa shape index (κ3) is 1.08. The molecule has 2 rings (SSSR count). The minimum atomic E-state index is -0.0404. The van der Waals surface area contributed by atoms with Gasteiger partial charge in [-0.2, -0.15) is 0 Å². The monoisotopic (exact) mass is 130 g/mol. The lowest BCUT2D eigenvalue weighted by Crippen LogP contribution is -2.13. The molecule has 2 fully saturated rings. The van der Waals surface area contributed by atoms with Gasteiger partial charge in [0, 0.05) is 0 Å². The fourth-order valence-corrected chi connectivity index (χ4v) is 0.981. The highest BCUT2D eigenvalue weighted by molar-refractivity contribution is 4.85. The lowest BCUT2D eigenvalue weighted by Gasteiger charge is -2.08. The molecule has 0 radical (unpaired) electrons. The van der Waals surface area contributed by atoms with Crippen molar-refractivity contribution in [3.63, 3.8) is 0 Å². The van der Waals surface area contributed by atoms with Crippen LogP contribution in [-0.2, 0) is 14.2 Å². The predicted molar refractivity (Wildman–Crippen MR) is 30.0 cm³/mol. The molecule has 2 aliphatic heterocycles. The van der Waals surface area contributed by atoms with Crippen molar-refractivity contribution in [2.24, 2.45) is 0 Å². The summed E-state index contributed by atoms with van der Waals surface area (Å²) in [6.45, 7) is 3.31. The van der Waals surface area contributed by atoms with Crippen molar-refractivity contribution in [1.29, 1.82) is 0 Å². The Kier molecular flexibility index (Phi) is 1.22. The second kappa shape index (κ2) is 1.94. The molecule has 0 spiro atoms. The van der Waals surface area contributed by atoms with Crippen LogP contribution in [0.3, 0.4) is 0 Å². The van der Waals surface area contributed by atoms with E-state index in [0.717, 1.165) is 0 Å². The van der Waals surface area contributed by atoms with Gasteiger partial charge in [0.1, 0.15) is 12.2 Å². The van der Waals surface area contributed by atoms with E-state index in [-0.39, 0.29) is 6.29 Å². The molecule has 52 valence electrons. The van der Waals surface area contributed by atoms with Gasteiger partial charge in [-0.3, -0.25) is 0 Å². The molecule has 0 N–H and O–H groups in total. The van der Waals surface area contributed by atoms with E-state index in [1.807, 2.05) is 6.92 Å². The van der Waals surface area contributed by atoms with Gasteiger partial charge in [-0.15, -0.1) is 0 Å². The molecule has 0 aromatic carbocycles. The van der Waals surface area contributed by atoms with E-state index in [2.05, 4.69) is 0 Å². The van der Waals surface area contributed by atoms with E-state index in [4.69, 9.17) is 14.2 Å². The molecule has 0 bridgehead atoms. The van der Waals surface area contributed by atoms with Crippen LogP contribution in [0.5, 0.6) is 0 Å². The van der Waals surface area contributed by atoms with Crippen molar-refractivity contribution in [2.45, 2.75) is 25.4 Å². The highest BCUT2D eigenvalue weighted by atomic mass is 16.7. The fourth-order valence-electron chi connectivity index (χ4n) is 0.981. The molecule has 0 saturated carbocycles. The summed E-state index contributed by atoms with van der Waals surface area (Å²) < 4.78 is 15.6. The van der Waals surface area contributed by atoms with E-state index < -0.39 is 0 Å². The van der Waals surface area contributed by atoms with Gasteiger partial charge >= 0.3 is 0 Å². The molecule has 3 nitrogen and oxygen atoms in total. The van der Waals surface area contributed by atoms with Gasteiger partial charge in [-0.25, -0.2) is 0 Å². The van der Waals surface area contributed by atoms with Gasteiger partial charge < -0.3 is 14.2 Å². The van der Waals surface area contributed by atoms with Gasteiger partial charge in [0.2, 0.25) is 0 Å². The Hall–Kier alpha value is -0.120. The number of fused-ring (bicyclic) bond motifs is 1. The predicted octanol–water partition coefficient (Wildman–Crippen LogP) is 0.147. The van der Waals surface area contributed by atoms with Gasteiger partial charge in [0.15, 0.2) is 6.29 Å². The Bertz CT molecular complexity index is 98.9. The van der Waals surface area contributed by atoms with Crippen molar-refractivity contribution in [3.05, 3.63) is 0 Å². The molecule has 2 unspecified atom stereocenters. The topological polar surface area (TPSA) is 31.0 Å². The Morgan fingerprint density at radius 2 is 1.67 bits per heavy atom. The first kappa shape index (κ1) is 5.65. The quantitative estimate of drug-likeness (QED) is 0.437. The van der Waals surface area contributed by atoms with Crippen LogP contribution in [0.1, 0.15) is 6.92 Å². The van der Waals surface area contributed by atoms with Crippen molar-refractivity contribution in [2.75, 3.05) is 13.2 Å². The maximum absolute atomic E-state index is 5.21. The van der Waals surface area contributed by atoms with Crippen LogP contribution in [0, 0.1) is 0 Å². The normalized spacial score (nSPS) is 49.7. The molecular weight excluding hydrogens is 120 g/mol. The van der Waals surface area contributed by atoms with E-state index in [0.29, 0.717) is 25.4 Å². The van der Waals surface area contributed by atoms with E-state index >= 15 is 0 Å². The molecular formula is C6H10O3. The Balaban J connectivity index is 1.89. The lowest BCUT2D eigenvalue weighted by atomic mass is 10.3. The molecule has 0 amide bonds. The van der Waals surface area contributed by atoms with Gasteiger partial charge in [-0.05, 0) is 6.92 Å². The highest BCUT2D eigenvalue weighted by Crippen LogP contribution is 2.25. The zero-order chi connectivity index (χ0) is 6.27. The lowest BCUT2D eigenvalue weighted by molar-refractivity contribution is -0.130. The summed E-state index contributed by atoms with van der Waals surface area (Å²) in [6.07, 6.45) is 0.617. The smallest absolute Gasteiger partial charge is 0.155 e. The summed E-state index contributed by atoms with van der Waals surface area (Å²) >= 11 is 0. The summed E-state index contributed by atoms with van der Waals surface area (Å²) in [4.78, 5) is 0. The molecule has 2 atom stereocenters. The van der Waals surface area contributed by atoms with E-state index in [9.17, 15) is 0 Å². The van der Waals surface area contributed by atoms with Crippen molar-refractivity contribution in [1.82, 2.24) is 0 Å². The first-order valence-electron chi connectivity index (χ1n) is 3.25. The summed E-state index contributed by atoms with van der Waals surface area (Å²) in [5, 5.41) is 0. The number of epoxide rings is 1. The van der Waals surface area contributed by atoms with Crippen molar-refractivity contribution in [3.8, 4) is 0 Å². The molecule has 0 aromatic rings. The third-order valence-electron chi connectivity index (χ3n) is 1.68. The molecule has 0 aliphatic carbocycles.